The average Bonchev–Trinajstić information content (AvgIpc) is 3.53. The van der Waals surface area contributed by atoms with E-state index >= 15 is 0 Å². The SMILES string of the molecule is CC#CC(=O)NCCCN[C@@H](C)c1cc2c(c(C(F)(F)F)c1)CN(c1cccc(C3(c4nncn4C)CC(C)C3)c1)C2=O. The van der Waals surface area contributed by atoms with Gasteiger partial charge in [-0.1, -0.05) is 25.0 Å². The van der Waals surface area contributed by atoms with Crippen LogP contribution in [0.4, 0.5) is 18.9 Å². The van der Waals surface area contributed by atoms with Crippen molar-refractivity contribution in [2.75, 3.05) is 18.0 Å². The molecule has 1 fully saturated rings. The summed E-state index contributed by atoms with van der Waals surface area (Å²) in [5, 5.41) is 14.3. The van der Waals surface area contributed by atoms with Crippen LogP contribution in [0.15, 0.2) is 42.7 Å². The summed E-state index contributed by atoms with van der Waals surface area (Å²) in [4.78, 5) is 26.6. The van der Waals surface area contributed by atoms with Gasteiger partial charge in [-0.3, -0.25) is 9.59 Å². The second-order valence-corrected chi connectivity index (χ2v) is 11.6. The summed E-state index contributed by atoms with van der Waals surface area (Å²) >= 11 is 0. The van der Waals surface area contributed by atoms with Gasteiger partial charge in [0.2, 0.25) is 0 Å². The van der Waals surface area contributed by atoms with E-state index in [0.717, 1.165) is 30.3 Å². The lowest BCUT2D eigenvalue weighted by molar-refractivity contribution is -0.138. The molecular formula is C32H35F3N6O2. The van der Waals surface area contributed by atoms with Gasteiger partial charge in [0.25, 0.3) is 11.8 Å². The van der Waals surface area contributed by atoms with Gasteiger partial charge in [0.15, 0.2) is 0 Å². The zero-order valence-corrected chi connectivity index (χ0v) is 24.7. The molecule has 5 rings (SSSR count). The first-order chi connectivity index (χ1) is 20.4. The highest BCUT2D eigenvalue weighted by Gasteiger charge is 2.48. The Morgan fingerprint density at radius 3 is 2.63 bits per heavy atom. The Morgan fingerprint density at radius 1 is 1.21 bits per heavy atom. The van der Waals surface area contributed by atoms with Crippen molar-refractivity contribution in [2.45, 2.75) is 64.2 Å². The molecule has 2 aliphatic rings. The van der Waals surface area contributed by atoms with Crippen LogP contribution in [0.2, 0.25) is 0 Å². The Kier molecular flexibility index (Phi) is 8.34. The molecule has 2 N–H and O–H groups in total. The Labute approximate surface area is 249 Å². The molecule has 0 unspecified atom stereocenters. The van der Waals surface area contributed by atoms with Crippen molar-refractivity contribution in [3.05, 3.63) is 76.4 Å². The summed E-state index contributed by atoms with van der Waals surface area (Å²) in [6.07, 6.45) is -0.668. The summed E-state index contributed by atoms with van der Waals surface area (Å²) in [7, 11) is 1.90. The van der Waals surface area contributed by atoms with Crippen LogP contribution in [0.5, 0.6) is 0 Å². The highest BCUT2D eigenvalue weighted by atomic mass is 19.4. The fourth-order valence-corrected chi connectivity index (χ4v) is 6.39. The molecule has 3 aromatic rings. The number of rotatable bonds is 9. The maximum atomic E-state index is 14.3. The van der Waals surface area contributed by atoms with E-state index in [9.17, 15) is 22.8 Å². The number of alkyl halides is 3. The van der Waals surface area contributed by atoms with Crippen LogP contribution < -0.4 is 15.5 Å². The van der Waals surface area contributed by atoms with Crippen molar-refractivity contribution in [3.8, 4) is 11.8 Å². The molecule has 226 valence electrons. The van der Waals surface area contributed by atoms with Gasteiger partial charge in [-0.25, -0.2) is 0 Å². The fourth-order valence-electron chi connectivity index (χ4n) is 6.39. The van der Waals surface area contributed by atoms with Crippen LogP contribution >= 0.6 is 0 Å². The second kappa shape index (κ2) is 11.8. The van der Waals surface area contributed by atoms with Crippen LogP contribution in [0.1, 0.15) is 84.5 Å². The van der Waals surface area contributed by atoms with Crippen LogP contribution in [-0.2, 0) is 30.0 Å². The second-order valence-electron chi connectivity index (χ2n) is 11.6. The minimum atomic E-state index is -4.63. The van der Waals surface area contributed by atoms with Gasteiger partial charge >= 0.3 is 6.18 Å². The molecule has 0 saturated heterocycles. The fraction of sp³-hybridized carbons (Fsp3) is 0.438. The number of aryl methyl sites for hydroxylation is 1. The van der Waals surface area contributed by atoms with E-state index in [0.29, 0.717) is 36.7 Å². The minimum Gasteiger partial charge on any atom is -0.345 e. The number of hydrogen-bond donors (Lipinski definition) is 2. The molecule has 2 aromatic carbocycles. The standard InChI is InChI=1S/C32H35F3N6O2/c1-5-8-28(42)37-12-7-11-36-21(3)22-13-25-26(27(14-22)32(33,34)35)18-41(29(25)43)24-10-6-9-23(15-24)31(16-20(2)17-31)30-39-38-19-40(30)4/h6,9-10,13-15,19-21,36H,7,11-12,16-18H2,1-4H3,(H,37,42)/t20?,21-,31?/m0/s1. The third-order valence-electron chi connectivity index (χ3n) is 8.44. The molecule has 11 heteroatoms. The maximum absolute atomic E-state index is 14.3. The first kappa shape index (κ1) is 30.3. The Hall–Kier alpha value is -4.17. The largest absolute Gasteiger partial charge is 0.416 e. The average molecular weight is 593 g/mol. The van der Waals surface area contributed by atoms with E-state index in [4.69, 9.17) is 0 Å². The van der Waals surface area contributed by atoms with Gasteiger partial charge in [-0.15, -0.1) is 10.2 Å². The molecule has 2 heterocycles. The van der Waals surface area contributed by atoms with Crippen molar-refractivity contribution in [1.82, 2.24) is 25.4 Å². The molecule has 2 amide bonds. The Balaban J connectivity index is 1.39. The number of benzene rings is 2. The number of aromatic nitrogens is 3. The van der Waals surface area contributed by atoms with Crippen molar-refractivity contribution >= 4 is 17.5 Å². The Morgan fingerprint density at radius 2 is 1.98 bits per heavy atom. The van der Waals surface area contributed by atoms with E-state index in [1.54, 1.807) is 32.3 Å². The molecule has 1 saturated carbocycles. The summed E-state index contributed by atoms with van der Waals surface area (Å²) in [6, 6.07) is 9.78. The molecule has 0 spiro atoms. The lowest BCUT2D eigenvalue weighted by Crippen LogP contribution is -2.43. The highest BCUT2D eigenvalue weighted by molar-refractivity contribution is 6.10. The number of nitrogens with one attached hydrogen (secondary N) is 2. The topological polar surface area (TPSA) is 92.2 Å². The summed E-state index contributed by atoms with van der Waals surface area (Å²) in [5.41, 5.74) is 0.780. The molecule has 0 radical (unpaired) electrons. The van der Waals surface area contributed by atoms with Crippen LogP contribution in [0.3, 0.4) is 0 Å². The normalized spacial score (nSPS) is 20.2. The number of nitrogens with zero attached hydrogens (tertiary/aromatic N) is 4. The molecule has 1 aromatic heterocycles. The number of carbonyl (C=O) groups is 2. The van der Waals surface area contributed by atoms with Crippen molar-refractivity contribution < 1.29 is 22.8 Å². The smallest absolute Gasteiger partial charge is 0.345 e. The van der Waals surface area contributed by atoms with Gasteiger partial charge < -0.3 is 20.1 Å². The number of hydrogen-bond acceptors (Lipinski definition) is 5. The lowest BCUT2D eigenvalue weighted by atomic mass is 9.58. The molecule has 1 aliphatic carbocycles. The number of halogens is 3. The lowest BCUT2D eigenvalue weighted by Gasteiger charge is -2.46. The first-order valence-electron chi connectivity index (χ1n) is 14.4. The van der Waals surface area contributed by atoms with Gasteiger partial charge in [-0.05, 0) is 92.4 Å². The van der Waals surface area contributed by atoms with Gasteiger partial charge in [-0.2, -0.15) is 13.2 Å². The zero-order chi connectivity index (χ0) is 30.9. The molecule has 1 atom stereocenters. The molecule has 0 bridgehead atoms. The maximum Gasteiger partial charge on any atom is 0.416 e. The first-order valence-corrected chi connectivity index (χ1v) is 14.4. The molecule has 1 aliphatic heterocycles. The number of fused-ring (bicyclic) bond motifs is 1. The third-order valence-corrected chi connectivity index (χ3v) is 8.44. The highest BCUT2D eigenvalue weighted by Crippen LogP contribution is 2.52. The van der Waals surface area contributed by atoms with Crippen molar-refractivity contribution in [3.63, 3.8) is 0 Å². The summed E-state index contributed by atoms with van der Waals surface area (Å²) in [6.45, 7) is 6.18. The van der Waals surface area contributed by atoms with E-state index < -0.39 is 23.7 Å². The van der Waals surface area contributed by atoms with Crippen molar-refractivity contribution in [2.24, 2.45) is 13.0 Å². The van der Waals surface area contributed by atoms with Gasteiger partial charge in [0.05, 0.1) is 17.5 Å². The quantitative estimate of drug-likeness (QED) is 0.273. The van der Waals surface area contributed by atoms with Crippen LogP contribution in [0, 0.1) is 17.8 Å². The molecular weight excluding hydrogens is 557 g/mol. The monoisotopic (exact) mass is 592 g/mol. The van der Waals surface area contributed by atoms with Crippen LogP contribution in [-0.4, -0.2) is 39.7 Å². The summed E-state index contributed by atoms with van der Waals surface area (Å²) in [5.74, 6) is 5.40. The molecule has 8 nitrogen and oxygen atoms in total. The van der Waals surface area contributed by atoms with Crippen LogP contribution in [0.25, 0.3) is 0 Å². The number of carbonyl (C=O) groups excluding carboxylic acids is 2. The summed E-state index contributed by atoms with van der Waals surface area (Å²) < 4.78 is 44.9. The number of amides is 2. The zero-order valence-electron chi connectivity index (χ0n) is 24.7. The third kappa shape index (κ3) is 5.89. The van der Waals surface area contributed by atoms with E-state index in [1.165, 1.54) is 4.90 Å². The van der Waals surface area contributed by atoms with E-state index in [2.05, 4.69) is 39.6 Å². The molecule has 43 heavy (non-hydrogen) atoms. The number of anilines is 1. The minimum absolute atomic E-state index is 0.0149. The van der Waals surface area contributed by atoms with E-state index in [-0.39, 0.29) is 29.0 Å². The predicted molar refractivity (Wildman–Crippen MR) is 156 cm³/mol. The van der Waals surface area contributed by atoms with Gasteiger partial charge in [0, 0.05) is 30.9 Å². The van der Waals surface area contributed by atoms with Crippen molar-refractivity contribution in [1.29, 1.82) is 0 Å². The van der Waals surface area contributed by atoms with Gasteiger partial charge in [0.1, 0.15) is 12.2 Å². The van der Waals surface area contributed by atoms with E-state index in [1.807, 2.05) is 29.8 Å². The predicted octanol–water partition coefficient (Wildman–Crippen LogP) is 4.89. The Bertz CT molecular complexity index is 1600.